The van der Waals surface area contributed by atoms with Gasteiger partial charge in [0.15, 0.2) is 0 Å². The summed E-state index contributed by atoms with van der Waals surface area (Å²) in [4.78, 5) is 12.4. The number of nitrogens with one attached hydrogen (secondary N) is 1. The summed E-state index contributed by atoms with van der Waals surface area (Å²) >= 11 is 4.91. The van der Waals surface area contributed by atoms with E-state index in [1.807, 2.05) is 31.2 Å². The minimum atomic E-state index is -0.149. The lowest BCUT2D eigenvalue weighted by molar-refractivity contribution is 0.102. The van der Waals surface area contributed by atoms with Gasteiger partial charge in [-0.15, -0.1) is 0 Å². The fourth-order valence-corrected chi connectivity index (χ4v) is 1.87. The molecule has 0 spiro atoms. The Morgan fingerprint density at radius 3 is 2.47 bits per heavy atom. The van der Waals surface area contributed by atoms with Crippen LogP contribution in [0.5, 0.6) is 0 Å². The number of thiocarbonyl (C=S) groups is 1. The van der Waals surface area contributed by atoms with Crippen LogP contribution in [0.3, 0.4) is 0 Å². The summed E-state index contributed by atoms with van der Waals surface area (Å²) in [5.41, 5.74) is 8.65. The zero-order valence-electron chi connectivity index (χ0n) is 10.5. The van der Waals surface area contributed by atoms with Crippen LogP contribution < -0.4 is 11.1 Å². The Labute approximate surface area is 117 Å². The average Bonchev–Trinajstić information content (AvgIpc) is 2.39. The molecule has 0 bridgehead atoms. The molecule has 4 heteroatoms. The van der Waals surface area contributed by atoms with Gasteiger partial charge in [0, 0.05) is 16.8 Å². The first kappa shape index (κ1) is 13.2. The van der Waals surface area contributed by atoms with Crippen molar-refractivity contribution in [3.05, 3.63) is 65.2 Å². The highest BCUT2D eigenvalue weighted by Gasteiger charge is 2.06. The number of amides is 1. The van der Waals surface area contributed by atoms with E-state index in [1.54, 1.807) is 24.3 Å². The smallest absolute Gasteiger partial charge is 0.255 e. The first-order valence-corrected chi connectivity index (χ1v) is 6.25. The molecule has 19 heavy (non-hydrogen) atoms. The Morgan fingerprint density at radius 1 is 1.11 bits per heavy atom. The van der Waals surface area contributed by atoms with Gasteiger partial charge in [-0.1, -0.05) is 42.0 Å². The lowest BCUT2D eigenvalue weighted by atomic mass is 10.1. The Morgan fingerprint density at radius 2 is 1.79 bits per heavy atom. The van der Waals surface area contributed by atoms with E-state index < -0.39 is 0 Å². The number of rotatable bonds is 3. The van der Waals surface area contributed by atoms with E-state index in [4.69, 9.17) is 18.0 Å². The lowest BCUT2D eigenvalue weighted by Crippen LogP contribution is -2.14. The molecule has 0 saturated carbocycles. The quantitative estimate of drug-likeness (QED) is 0.843. The monoisotopic (exact) mass is 270 g/mol. The third-order valence-electron chi connectivity index (χ3n) is 2.69. The number of carbonyl (C=O) groups excluding carboxylic acids is 1. The minimum Gasteiger partial charge on any atom is -0.389 e. The largest absolute Gasteiger partial charge is 0.389 e. The summed E-state index contributed by atoms with van der Waals surface area (Å²) in [6.07, 6.45) is 0. The van der Waals surface area contributed by atoms with Gasteiger partial charge in [0.05, 0.1) is 0 Å². The molecule has 1 amide bonds. The van der Waals surface area contributed by atoms with Crippen molar-refractivity contribution in [2.75, 3.05) is 5.32 Å². The van der Waals surface area contributed by atoms with Gasteiger partial charge in [-0.05, 0) is 31.2 Å². The van der Waals surface area contributed by atoms with Crippen molar-refractivity contribution in [3.63, 3.8) is 0 Å². The molecule has 0 saturated heterocycles. The molecule has 3 N–H and O–H groups in total. The lowest BCUT2D eigenvalue weighted by Gasteiger charge is -2.07. The molecule has 0 aliphatic heterocycles. The summed E-state index contributed by atoms with van der Waals surface area (Å²) in [5, 5.41) is 2.83. The Kier molecular flexibility index (Phi) is 3.92. The van der Waals surface area contributed by atoms with Gasteiger partial charge in [-0.2, -0.15) is 0 Å². The second-order valence-electron chi connectivity index (χ2n) is 4.27. The SMILES string of the molecule is Cc1cccc(C(=O)Nc2cccc(C(N)=S)c2)c1. The Bertz CT molecular complexity index is 638. The number of hydrogen-bond acceptors (Lipinski definition) is 2. The molecule has 0 aliphatic carbocycles. The molecule has 0 heterocycles. The molecule has 0 aliphatic rings. The van der Waals surface area contributed by atoms with Gasteiger partial charge in [-0.3, -0.25) is 4.79 Å². The molecule has 96 valence electrons. The van der Waals surface area contributed by atoms with Gasteiger partial charge >= 0.3 is 0 Å². The predicted molar refractivity (Wildman–Crippen MR) is 81.5 cm³/mol. The zero-order valence-corrected chi connectivity index (χ0v) is 11.3. The molecule has 3 nitrogen and oxygen atoms in total. The highest BCUT2D eigenvalue weighted by atomic mass is 32.1. The molecule has 0 aromatic heterocycles. The van der Waals surface area contributed by atoms with Crippen molar-refractivity contribution in [2.24, 2.45) is 5.73 Å². The van der Waals surface area contributed by atoms with Gasteiger partial charge in [0.1, 0.15) is 4.99 Å². The fraction of sp³-hybridized carbons (Fsp3) is 0.0667. The van der Waals surface area contributed by atoms with E-state index >= 15 is 0 Å². The first-order chi connectivity index (χ1) is 9.06. The molecule has 2 rings (SSSR count). The Balaban J connectivity index is 2.19. The maximum Gasteiger partial charge on any atom is 0.255 e. The Hall–Kier alpha value is -2.20. The summed E-state index contributed by atoms with van der Waals surface area (Å²) in [7, 11) is 0. The standard InChI is InChI=1S/C15H14N2OS/c1-10-4-2-6-12(8-10)15(18)17-13-7-3-5-11(9-13)14(16)19/h2-9H,1H3,(H2,16,19)(H,17,18). The summed E-state index contributed by atoms with van der Waals surface area (Å²) < 4.78 is 0. The van der Waals surface area contributed by atoms with E-state index in [0.29, 0.717) is 16.2 Å². The number of hydrogen-bond donors (Lipinski definition) is 2. The van der Waals surface area contributed by atoms with Crippen molar-refractivity contribution >= 4 is 28.8 Å². The molecular formula is C15H14N2OS. The topological polar surface area (TPSA) is 55.1 Å². The average molecular weight is 270 g/mol. The van der Waals surface area contributed by atoms with Crippen LogP contribution in [-0.4, -0.2) is 10.9 Å². The maximum atomic E-state index is 12.1. The van der Waals surface area contributed by atoms with Crippen LogP contribution in [0.1, 0.15) is 21.5 Å². The molecular weight excluding hydrogens is 256 g/mol. The normalized spacial score (nSPS) is 9.95. The van der Waals surface area contributed by atoms with E-state index in [-0.39, 0.29) is 5.91 Å². The van der Waals surface area contributed by atoms with Crippen molar-refractivity contribution in [1.29, 1.82) is 0 Å². The molecule has 2 aromatic carbocycles. The fourth-order valence-electron chi connectivity index (χ4n) is 1.74. The van der Waals surface area contributed by atoms with Crippen molar-refractivity contribution in [1.82, 2.24) is 0 Å². The minimum absolute atomic E-state index is 0.149. The van der Waals surface area contributed by atoms with Gasteiger partial charge in [0.25, 0.3) is 5.91 Å². The van der Waals surface area contributed by atoms with Crippen LogP contribution in [0.2, 0.25) is 0 Å². The van der Waals surface area contributed by atoms with E-state index in [2.05, 4.69) is 5.32 Å². The predicted octanol–water partition coefficient (Wildman–Crippen LogP) is 2.88. The van der Waals surface area contributed by atoms with Crippen LogP contribution in [0.4, 0.5) is 5.69 Å². The van der Waals surface area contributed by atoms with Crippen molar-refractivity contribution < 1.29 is 4.79 Å². The number of carbonyl (C=O) groups is 1. The first-order valence-electron chi connectivity index (χ1n) is 5.84. The third-order valence-corrected chi connectivity index (χ3v) is 2.92. The van der Waals surface area contributed by atoms with Crippen molar-refractivity contribution in [3.8, 4) is 0 Å². The van der Waals surface area contributed by atoms with E-state index in [1.165, 1.54) is 0 Å². The second kappa shape index (κ2) is 5.63. The number of nitrogens with two attached hydrogens (primary N) is 1. The summed E-state index contributed by atoms with van der Waals surface area (Å²) in [6.45, 7) is 1.95. The summed E-state index contributed by atoms with van der Waals surface area (Å²) in [5.74, 6) is -0.149. The second-order valence-corrected chi connectivity index (χ2v) is 4.71. The number of aryl methyl sites for hydroxylation is 1. The molecule has 0 unspecified atom stereocenters. The maximum absolute atomic E-state index is 12.1. The van der Waals surface area contributed by atoms with Crippen molar-refractivity contribution in [2.45, 2.75) is 6.92 Å². The molecule has 0 fully saturated rings. The van der Waals surface area contributed by atoms with Crippen LogP contribution in [-0.2, 0) is 0 Å². The highest BCUT2D eigenvalue weighted by Crippen LogP contribution is 2.13. The number of benzene rings is 2. The molecule has 2 aromatic rings. The number of anilines is 1. The molecule has 0 atom stereocenters. The van der Waals surface area contributed by atoms with E-state index in [0.717, 1.165) is 11.1 Å². The van der Waals surface area contributed by atoms with Crippen LogP contribution in [0.25, 0.3) is 0 Å². The van der Waals surface area contributed by atoms with E-state index in [9.17, 15) is 4.79 Å². The van der Waals surface area contributed by atoms with Gasteiger partial charge < -0.3 is 11.1 Å². The van der Waals surface area contributed by atoms with Gasteiger partial charge in [0.2, 0.25) is 0 Å². The summed E-state index contributed by atoms with van der Waals surface area (Å²) in [6, 6.07) is 14.6. The zero-order chi connectivity index (χ0) is 13.8. The van der Waals surface area contributed by atoms with Crippen LogP contribution in [0, 0.1) is 6.92 Å². The third kappa shape index (κ3) is 3.39. The molecule has 0 radical (unpaired) electrons. The van der Waals surface area contributed by atoms with Crippen LogP contribution in [0.15, 0.2) is 48.5 Å². The highest BCUT2D eigenvalue weighted by molar-refractivity contribution is 7.80. The van der Waals surface area contributed by atoms with Gasteiger partial charge in [-0.25, -0.2) is 0 Å². The van der Waals surface area contributed by atoms with Crippen LogP contribution >= 0.6 is 12.2 Å².